The van der Waals surface area contributed by atoms with Gasteiger partial charge < -0.3 is 4.90 Å². The van der Waals surface area contributed by atoms with Gasteiger partial charge in [0.05, 0.1) is 12.1 Å². The van der Waals surface area contributed by atoms with Gasteiger partial charge in [-0.2, -0.15) is 5.10 Å². The summed E-state index contributed by atoms with van der Waals surface area (Å²) in [4.78, 5) is 18.5. The first kappa shape index (κ1) is 17.2. The quantitative estimate of drug-likeness (QED) is 0.832. The van der Waals surface area contributed by atoms with Crippen LogP contribution in [0.4, 0.5) is 0 Å². The van der Waals surface area contributed by atoms with Crippen LogP contribution in [0.25, 0.3) is 0 Å². The molecule has 0 atom stereocenters. The molecule has 0 bridgehead atoms. The van der Waals surface area contributed by atoms with Gasteiger partial charge in [-0.15, -0.1) is 11.3 Å². The highest BCUT2D eigenvalue weighted by Gasteiger charge is 2.23. The summed E-state index contributed by atoms with van der Waals surface area (Å²) < 4.78 is 1.86. The summed E-state index contributed by atoms with van der Waals surface area (Å²) in [6.45, 7) is 8.72. The molecule has 1 amide bonds. The molecule has 3 heterocycles. The lowest BCUT2D eigenvalue weighted by Gasteiger charge is -2.34. The van der Waals surface area contributed by atoms with Crippen molar-refractivity contribution in [3.63, 3.8) is 0 Å². The molecule has 0 saturated carbocycles. The van der Waals surface area contributed by atoms with Gasteiger partial charge in [0.1, 0.15) is 0 Å². The van der Waals surface area contributed by atoms with Gasteiger partial charge in [-0.05, 0) is 31.7 Å². The Morgan fingerprint density at radius 3 is 2.58 bits per heavy atom. The Morgan fingerprint density at radius 2 is 2.00 bits per heavy atom. The number of nitrogens with zero attached hydrogens (tertiary/aromatic N) is 4. The molecule has 3 rings (SSSR count). The number of rotatable bonds is 5. The van der Waals surface area contributed by atoms with Crippen LogP contribution in [0.5, 0.6) is 0 Å². The van der Waals surface area contributed by atoms with Gasteiger partial charge >= 0.3 is 0 Å². The first-order chi connectivity index (χ1) is 11.5. The van der Waals surface area contributed by atoms with Crippen molar-refractivity contribution in [3.8, 4) is 0 Å². The van der Waals surface area contributed by atoms with E-state index in [9.17, 15) is 4.79 Å². The summed E-state index contributed by atoms with van der Waals surface area (Å²) in [6.07, 6.45) is 1.58. The summed E-state index contributed by atoms with van der Waals surface area (Å²) in [5, 5.41) is 6.54. The maximum Gasteiger partial charge on any atom is 0.227 e. The number of carbonyl (C=O) groups is 1. The van der Waals surface area contributed by atoms with Crippen molar-refractivity contribution in [1.29, 1.82) is 0 Å². The van der Waals surface area contributed by atoms with E-state index in [4.69, 9.17) is 0 Å². The summed E-state index contributed by atoms with van der Waals surface area (Å²) in [7, 11) is 1.93. The summed E-state index contributed by atoms with van der Waals surface area (Å²) in [5.74, 6) is 0.229. The minimum atomic E-state index is 0.229. The Labute approximate surface area is 147 Å². The predicted molar refractivity (Wildman–Crippen MR) is 97.4 cm³/mol. The van der Waals surface area contributed by atoms with E-state index < -0.39 is 0 Å². The van der Waals surface area contributed by atoms with Gasteiger partial charge in [-0.25, -0.2) is 0 Å². The molecular formula is C18H26N4OS. The molecule has 2 aromatic heterocycles. The predicted octanol–water partition coefficient (Wildman–Crippen LogP) is 2.03. The number of thiophene rings is 1. The van der Waals surface area contributed by atoms with Crippen LogP contribution in [-0.4, -0.2) is 58.2 Å². The summed E-state index contributed by atoms with van der Waals surface area (Å²) >= 11 is 1.82. The Hall–Kier alpha value is -1.66. The van der Waals surface area contributed by atoms with Crippen LogP contribution in [0.2, 0.25) is 0 Å². The monoisotopic (exact) mass is 346 g/mol. The Morgan fingerprint density at radius 1 is 1.25 bits per heavy atom. The van der Waals surface area contributed by atoms with E-state index in [-0.39, 0.29) is 5.91 Å². The molecule has 0 spiro atoms. The lowest BCUT2D eigenvalue weighted by molar-refractivity contribution is -0.132. The molecule has 1 saturated heterocycles. The van der Waals surface area contributed by atoms with Crippen LogP contribution in [-0.2, 0) is 24.7 Å². The SMILES string of the molecule is Cc1nn(C)c(C)c1CC(=O)N1CCN(CCc2cccs2)CC1. The van der Waals surface area contributed by atoms with Gasteiger partial charge in [-0.1, -0.05) is 6.07 Å². The van der Waals surface area contributed by atoms with E-state index in [0.29, 0.717) is 6.42 Å². The topological polar surface area (TPSA) is 41.4 Å². The maximum atomic E-state index is 12.6. The molecular weight excluding hydrogens is 320 g/mol. The third-order valence-corrected chi connectivity index (χ3v) is 5.90. The van der Waals surface area contributed by atoms with Gasteiger partial charge in [0.2, 0.25) is 5.91 Å². The number of aromatic nitrogens is 2. The Bertz CT molecular complexity index is 684. The fraction of sp³-hybridized carbons (Fsp3) is 0.556. The van der Waals surface area contributed by atoms with E-state index in [1.54, 1.807) is 0 Å². The molecule has 1 aliphatic heterocycles. The first-order valence-electron chi connectivity index (χ1n) is 8.56. The van der Waals surface area contributed by atoms with Crippen molar-refractivity contribution >= 4 is 17.2 Å². The fourth-order valence-electron chi connectivity index (χ4n) is 3.28. The van der Waals surface area contributed by atoms with Crippen LogP contribution in [0.15, 0.2) is 17.5 Å². The highest BCUT2D eigenvalue weighted by atomic mass is 32.1. The number of hydrogen-bond acceptors (Lipinski definition) is 4. The van der Waals surface area contributed by atoms with Crippen molar-refractivity contribution in [2.24, 2.45) is 7.05 Å². The molecule has 0 N–H and O–H groups in total. The van der Waals surface area contributed by atoms with Crippen molar-refractivity contribution in [1.82, 2.24) is 19.6 Å². The average Bonchev–Trinajstić information content (AvgIpc) is 3.18. The lowest BCUT2D eigenvalue weighted by atomic mass is 10.1. The van der Waals surface area contributed by atoms with Gasteiger partial charge in [0.15, 0.2) is 0 Å². The molecule has 0 unspecified atom stereocenters. The van der Waals surface area contributed by atoms with Gasteiger partial charge in [0, 0.05) is 55.9 Å². The molecule has 0 aliphatic carbocycles. The zero-order valence-electron chi connectivity index (χ0n) is 14.8. The zero-order chi connectivity index (χ0) is 17.1. The molecule has 6 heteroatoms. The second kappa shape index (κ2) is 7.49. The highest BCUT2D eigenvalue weighted by Crippen LogP contribution is 2.15. The molecule has 2 aromatic rings. The average molecular weight is 347 g/mol. The minimum Gasteiger partial charge on any atom is -0.340 e. The standard InChI is InChI=1S/C18H26N4OS/c1-14-17(15(2)20(3)19-14)13-18(23)22-10-8-21(9-11-22)7-6-16-5-4-12-24-16/h4-5,12H,6-11,13H2,1-3H3. The number of aryl methyl sites for hydroxylation is 2. The summed E-state index contributed by atoms with van der Waals surface area (Å²) in [6, 6.07) is 4.31. The number of hydrogen-bond donors (Lipinski definition) is 0. The fourth-order valence-corrected chi connectivity index (χ4v) is 3.98. The highest BCUT2D eigenvalue weighted by molar-refractivity contribution is 7.09. The van der Waals surface area contributed by atoms with Crippen LogP contribution in [0, 0.1) is 13.8 Å². The third-order valence-electron chi connectivity index (χ3n) is 4.97. The second-order valence-electron chi connectivity index (χ2n) is 6.50. The Kier molecular flexibility index (Phi) is 5.36. The number of carbonyl (C=O) groups excluding carboxylic acids is 1. The molecule has 0 aromatic carbocycles. The van der Waals surface area contributed by atoms with E-state index in [1.807, 2.05) is 41.8 Å². The molecule has 1 fully saturated rings. The largest absolute Gasteiger partial charge is 0.340 e. The normalized spacial score (nSPS) is 15.9. The first-order valence-corrected chi connectivity index (χ1v) is 9.44. The van der Waals surface area contributed by atoms with Crippen LogP contribution in [0.1, 0.15) is 21.8 Å². The summed E-state index contributed by atoms with van der Waals surface area (Å²) in [5.41, 5.74) is 3.15. The van der Waals surface area contributed by atoms with Crippen LogP contribution in [0.3, 0.4) is 0 Å². The maximum absolute atomic E-state index is 12.6. The zero-order valence-corrected chi connectivity index (χ0v) is 15.6. The van der Waals surface area contributed by atoms with Crippen LogP contribution < -0.4 is 0 Å². The third kappa shape index (κ3) is 3.87. The number of amides is 1. The van der Waals surface area contributed by atoms with E-state index in [0.717, 1.165) is 56.1 Å². The molecule has 24 heavy (non-hydrogen) atoms. The molecule has 1 aliphatic rings. The number of piperazine rings is 1. The Balaban J connectivity index is 1.48. The van der Waals surface area contributed by atoms with Crippen molar-refractivity contribution in [2.45, 2.75) is 26.7 Å². The smallest absolute Gasteiger partial charge is 0.227 e. The molecule has 5 nitrogen and oxygen atoms in total. The van der Waals surface area contributed by atoms with Crippen LogP contribution >= 0.6 is 11.3 Å². The minimum absolute atomic E-state index is 0.229. The van der Waals surface area contributed by atoms with Crippen molar-refractivity contribution in [2.75, 3.05) is 32.7 Å². The molecule has 130 valence electrons. The van der Waals surface area contributed by atoms with E-state index in [2.05, 4.69) is 27.5 Å². The van der Waals surface area contributed by atoms with Gasteiger partial charge in [-0.3, -0.25) is 14.4 Å². The van der Waals surface area contributed by atoms with Gasteiger partial charge in [0.25, 0.3) is 0 Å². The van der Waals surface area contributed by atoms with E-state index in [1.165, 1.54) is 4.88 Å². The molecule has 0 radical (unpaired) electrons. The second-order valence-corrected chi connectivity index (χ2v) is 7.53. The van der Waals surface area contributed by atoms with Crippen molar-refractivity contribution < 1.29 is 4.79 Å². The van der Waals surface area contributed by atoms with E-state index >= 15 is 0 Å². The van der Waals surface area contributed by atoms with Crippen molar-refractivity contribution in [3.05, 3.63) is 39.3 Å². The lowest BCUT2D eigenvalue weighted by Crippen LogP contribution is -2.49.